The maximum atomic E-state index is 6.47. The van der Waals surface area contributed by atoms with Crippen LogP contribution in [0.1, 0.15) is 28.1 Å². The van der Waals surface area contributed by atoms with Gasteiger partial charge in [0.15, 0.2) is 0 Å². The van der Waals surface area contributed by atoms with Crippen LogP contribution in [0.3, 0.4) is 0 Å². The number of pyridine rings is 4. The summed E-state index contributed by atoms with van der Waals surface area (Å²) in [5.41, 5.74) is 13.2. The predicted octanol–water partition coefficient (Wildman–Crippen LogP) is 8.98. The Morgan fingerprint density at radius 2 is 1.28 bits per heavy atom. The van der Waals surface area contributed by atoms with Gasteiger partial charge in [-0.1, -0.05) is 63.5 Å². The maximum absolute atomic E-state index is 6.47. The summed E-state index contributed by atoms with van der Waals surface area (Å²) in [6.07, 6.45) is 5.76. The molecule has 6 heterocycles. The average Bonchev–Trinajstić information content (AvgIpc) is 3.62. The molecule has 0 aliphatic rings. The minimum Gasteiger partial charge on any atom is -0.497 e. The molecule has 0 unspecified atom stereocenters. The van der Waals surface area contributed by atoms with Crippen LogP contribution in [0.4, 0.5) is 0 Å². The van der Waals surface area contributed by atoms with Gasteiger partial charge in [0.1, 0.15) is 0 Å². The molecule has 0 spiro atoms. The Labute approximate surface area is 285 Å². The predicted molar refractivity (Wildman–Crippen MR) is 183 cm³/mol. The Morgan fingerprint density at radius 3 is 1.94 bits per heavy atom. The fourth-order valence-corrected chi connectivity index (χ4v) is 7.04. The summed E-state index contributed by atoms with van der Waals surface area (Å²) < 4.78 is 10.8. The smallest absolute Gasteiger partial charge is 0.497 e. The number of nitrogens with zero attached hydrogens (tertiary/aromatic N) is 6. The van der Waals surface area contributed by atoms with E-state index in [4.69, 9.17) is 24.7 Å². The molecular weight excluding hydrogens is 764 g/mol. The van der Waals surface area contributed by atoms with Gasteiger partial charge in [-0.3, -0.25) is 19.9 Å². The second kappa shape index (κ2) is 10.7. The van der Waals surface area contributed by atoms with E-state index < -0.39 is 0 Å². The summed E-state index contributed by atoms with van der Waals surface area (Å²) in [5.74, 6) is 1.14. The molecule has 9 rings (SSSR count). The number of aryl methyl sites for hydroxylation is 5. The van der Waals surface area contributed by atoms with Crippen molar-refractivity contribution in [3.8, 4) is 22.8 Å². The third-order valence-corrected chi connectivity index (χ3v) is 9.07. The van der Waals surface area contributed by atoms with E-state index in [-0.39, 0.29) is 21.1 Å². The molecule has 9 aromatic rings. The van der Waals surface area contributed by atoms with Crippen LogP contribution in [0.15, 0.2) is 79.3 Å². The molecule has 0 saturated carbocycles. The fourth-order valence-electron chi connectivity index (χ4n) is 7.04. The molecule has 0 atom stereocenters. The average molecular weight is 792 g/mol. The first-order chi connectivity index (χ1) is 22.4. The van der Waals surface area contributed by atoms with Gasteiger partial charge in [-0.05, 0) is 70.0 Å². The van der Waals surface area contributed by atoms with Crippen molar-refractivity contribution in [3.63, 3.8) is 0 Å². The topological polar surface area (TPSA) is 69.6 Å². The van der Waals surface area contributed by atoms with Crippen molar-refractivity contribution in [2.24, 2.45) is 0 Å². The van der Waals surface area contributed by atoms with Crippen molar-refractivity contribution in [1.29, 1.82) is 0 Å². The summed E-state index contributed by atoms with van der Waals surface area (Å²) in [5, 5.41) is 3.65. The Morgan fingerprint density at radius 1 is 0.681 bits per heavy atom. The number of ether oxygens (including phenoxy) is 1. The van der Waals surface area contributed by atoms with Crippen molar-refractivity contribution in [2.75, 3.05) is 0 Å². The van der Waals surface area contributed by atoms with E-state index in [0.717, 1.165) is 77.6 Å². The molecule has 8 heteroatoms. The van der Waals surface area contributed by atoms with Gasteiger partial charge >= 0.3 is 21.1 Å². The zero-order valence-electron chi connectivity index (χ0n) is 26.4. The van der Waals surface area contributed by atoms with Gasteiger partial charge in [0.05, 0.1) is 39.1 Å². The Bertz CT molecular complexity index is 2720. The number of hydrogen-bond acceptors (Lipinski definition) is 5. The first kappa shape index (κ1) is 29.3. The van der Waals surface area contributed by atoms with Crippen LogP contribution in [0, 0.1) is 46.8 Å². The minimum absolute atomic E-state index is 0. The number of benzene rings is 3. The largest absolute Gasteiger partial charge is 2.00 e. The third-order valence-electron chi connectivity index (χ3n) is 9.07. The monoisotopic (exact) mass is 791 g/mol. The molecule has 0 saturated heterocycles. The summed E-state index contributed by atoms with van der Waals surface area (Å²) in [6, 6.07) is 27.5. The van der Waals surface area contributed by atoms with Gasteiger partial charge in [-0.25, -0.2) is 0 Å². The molecule has 0 amide bonds. The molecule has 47 heavy (non-hydrogen) atoms. The zero-order valence-corrected chi connectivity index (χ0v) is 28.7. The fraction of sp³-hybridized carbons (Fsp3) is 0.128. The van der Waals surface area contributed by atoms with Crippen LogP contribution >= 0.6 is 0 Å². The van der Waals surface area contributed by atoms with Gasteiger partial charge in [-0.2, -0.15) is 0 Å². The summed E-state index contributed by atoms with van der Waals surface area (Å²) in [6.45, 7) is 10.5. The van der Waals surface area contributed by atoms with Crippen molar-refractivity contribution in [2.45, 2.75) is 34.6 Å². The van der Waals surface area contributed by atoms with E-state index in [1.54, 1.807) is 0 Å². The van der Waals surface area contributed by atoms with Crippen molar-refractivity contribution < 1.29 is 25.8 Å². The summed E-state index contributed by atoms with van der Waals surface area (Å²) >= 11 is 0. The molecule has 0 aliphatic heterocycles. The van der Waals surface area contributed by atoms with Gasteiger partial charge in [0.2, 0.25) is 0 Å². The molecule has 230 valence electrons. The van der Waals surface area contributed by atoms with Gasteiger partial charge in [0.25, 0.3) is 0 Å². The van der Waals surface area contributed by atoms with Crippen molar-refractivity contribution >= 4 is 54.9 Å². The van der Waals surface area contributed by atoms with Crippen LogP contribution in [-0.4, -0.2) is 28.7 Å². The number of rotatable bonds is 3. The van der Waals surface area contributed by atoms with E-state index in [9.17, 15) is 0 Å². The molecule has 0 N–H and O–H groups in total. The third kappa shape index (κ3) is 4.37. The molecule has 0 bridgehead atoms. The van der Waals surface area contributed by atoms with Crippen LogP contribution in [0.2, 0.25) is 0 Å². The standard InChI is InChI=1S/C39H28N6O.Pt/c1-21-16-22(2)35(23(3)17-21)32-20-44-33-8-6-14-40-36(33)28-12-10-26(18-30(28)38(44)43-32)46-27-11-13-29-31(19-27)39-42-24(4)25(5)45(39)34-9-7-15-41-37(29)34;/h6-17,20H,1-5H3;/q-2;+2. The number of fused-ring (bicyclic) bond motifs is 12. The normalized spacial score (nSPS) is 11.8. The van der Waals surface area contributed by atoms with E-state index >= 15 is 0 Å². The Balaban J connectivity index is 0.00000324. The molecule has 0 radical (unpaired) electrons. The van der Waals surface area contributed by atoms with E-state index in [1.165, 1.54) is 16.7 Å². The van der Waals surface area contributed by atoms with E-state index in [2.05, 4.69) is 79.1 Å². The first-order valence-electron chi connectivity index (χ1n) is 15.3. The molecular formula is C39H28N6OPt. The van der Waals surface area contributed by atoms with Crippen LogP contribution in [0.5, 0.6) is 11.5 Å². The quantitative estimate of drug-likeness (QED) is 0.132. The second-order valence-corrected chi connectivity index (χ2v) is 12.1. The van der Waals surface area contributed by atoms with Crippen LogP contribution < -0.4 is 4.74 Å². The minimum atomic E-state index is 0. The van der Waals surface area contributed by atoms with Crippen LogP contribution in [-0.2, 0) is 21.1 Å². The van der Waals surface area contributed by atoms with Crippen molar-refractivity contribution in [3.05, 3.63) is 119 Å². The number of hydrogen-bond donors (Lipinski definition) is 0. The maximum Gasteiger partial charge on any atom is 2.00 e. The zero-order chi connectivity index (χ0) is 31.3. The Kier molecular flexibility index (Phi) is 6.67. The van der Waals surface area contributed by atoms with E-state index in [1.807, 2.05) is 55.7 Å². The molecule has 7 nitrogen and oxygen atoms in total. The molecule has 6 aromatic heterocycles. The van der Waals surface area contributed by atoms with Gasteiger partial charge in [0, 0.05) is 47.0 Å². The number of imidazole rings is 2. The second-order valence-electron chi connectivity index (χ2n) is 12.1. The molecule has 0 fully saturated rings. The number of aromatic nitrogens is 6. The molecule has 3 aromatic carbocycles. The Hall–Kier alpha value is -5.13. The summed E-state index contributed by atoms with van der Waals surface area (Å²) in [4.78, 5) is 19.6. The van der Waals surface area contributed by atoms with Crippen LogP contribution in [0.25, 0.3) is 66.2 Å². The SMILES string of the molecule is Cc1cc(C)c(-c2cn3c4cccnc4c4ccc(Oc5[c-]c6c(cc5)c5ncccc5n5c(C)c(C)nc65)[c-]c4c3n2)c(C)c1.[Pt+2]. The first-order valence-corrected chi connectivity index (χ1v) is 15.3. The van der Waals surface area contributed by atoms with Crippen molar-refractivity contribution in [1.82, 2.24) is 28.7 Å². The summed E-state index contributed by atoms with van der Waals surface area (Å²) in [7, 11) is 0. The molecule has 0 aliphatic carbocycles. The van der Waals surface area contributed by atoms with Gasteiger partial charge < -0.3 is 13.5 Å². The van der Waals surface area contributed by atoms with Gasteiger partial charge in [-0.15, -0.1) is 12.1 Å². The van der Waals surface area contributed by atoms with E-state index in [0.29, 0.717) is 11.5 Å².